The van der Waals surface area contributed by atoms with Gasteiger partial charge in [-0.15, -0.1) is 0 Å². The highest BCUT2D eigenvalue weighted by atomic mass is 16.6. The van der Waals surface area contributed by atoms with Crippen LogP contribution in [0, 0.1) is 11.8 Å². The Bertz CT molecular complexity index is 687. The van der Waals surface area contributed by atoms with Crippen LogP contribution < -0.4 is 0 Å². The molecule has 1 aliphatic carbocycles. The Labute approximate surface area is 136 Å². The molecule has 4 rings (SSSR count). The molecule has 1 saturated heterocycles. The lowest BCUT2D eigenvalue weighted by Gasteiger charge is -2.33. The smallest absolute Gasteiger partial charge is 0.309 e. The molecular weight excluding hydrogens is 292 g/mol. The van der Waals surface area contributed by atoms with Gasteiger partial charge in [-0.1, -0.05) is 24.3 Å². The van der Waals surface area contributed by atoms with Crippen molar-refractivity contribution < 1.29 is 19.1 Å². The molecule has 122 valence electrons. The standard InChI is InChI=1S/C19H22O4/c1-18(2,3)23-17(21)11-8-12-9-15-13-6-4-5-7-14(13)16(20)19(12,10-11)22-15/h4-7,11-12,15H,8-10H2,1-3H3/t11-,12-,15+,19-/m1/s1. The fourth-order valence-electron chi connectivity index (χ4n) is 4.44. The van der Waals surface area contributed by atoms with Gasteiger partial charge >= 0.3 is 5.97 Å². The van der Waals surface area contributed by atoms with Crippen LogP contribution in [0.3, 0.4) is 0 Å². The summed E-state index contributed by atoms with van der Waals surface area (Å²) >= 11 is 0. The zero-order valence-corrected chi connectivity index (χ0v) is 13.8. The maximum Gasteiger partial charge on any atom is 0.309 e. The van der Waals surface area contributed by atoms with E-state index in [-0.39, 0.29) is 29.7 Å². The van der Waals surface area contributed by atoms with E-state index >= 15 is 0 Å². The molecular formula is C19H22O4. The lowest BCUT2D eigenvalue weighted by Crippen LogP contribution is -2.43. The van der Waals surface area contributed by atoms with Crippen molar-refractivity contribution >= 4 is 11.8 Å². The van der Waals surface area contributed by atoms with E-state index in [1.807, 2.05) is 45.0 Å². The second kappa shape index (κ2) is 4.67. The van der Waals surface area contributed by atoms with Crippen molar-refractivity contribution in [1.82, 2.24) is 0 Å². The summed E-state index contributed by atoms with van der Waals surface area (Å²) in [5, 5.41) is 0. The van der Waals surface area contributed by atoms with Gasteiger partial charge in [-0.05, 0) is 51.5 Å². The molecule has 1 aromatic carbocycles. The van der Waals surface area contributed by atoms with Crippen molar-refractivity contribution in [2.75, 3.05) is 0 Å². The fourth-order valence-corrected chi connectivity index (χ4v) is 4.44. The average Bonchev–Trinajstić information content (AvgIpc) is 2.96. The Morgan fingerprint density at radius 3 is 2.74 bits per heavy atom. The maximum absolute atomic E-state index is 13.1. The van der Waals surface area contributed by atoms with Crippen LogP contribution in [0.25, 0.3) is 0 Å². The monoisotopic (exact) mass is 314 g/mol. The van der Waals surface area contributed by atoms with Crippen molar-refractivity contribution in [2.24, 2.45) is 11.8 Å². The first-order chi connectivity index (χ1) is 10.8. The number of ketones is 1. The zero-order chi connectivity index (χ0) is 16.4. The molecule has 2 bridgehead atoms. The zero-order valence-electron chi connectivity index (χ0n) is 13.8. The number of esters is 1. The number of hydrogen-bond acceptors (Lipinski definition) is 4. The summed E-state index contributed by atoms with van der Waals surface area (Å²) in [6, 6.07) is 7.72. The minimum atomic E-state index is -0.805. The molecule has 23 heavy (non-hydrogen) atoms. The first kappa shape index (κ1) is 14.9. The number of carbonyl (C=O) groups excluding carboxylic acids is 2. The first-order valence-corrected chi connectivity index (χ1v) is 8.34. The lowest BCUT2D eigenvalue weighted by atomic mass is 9.84. The molecule has 3 aliphatic rings. The number of benzene rings is 1. The summed E-state index contributed by atoms with van der Waals surface area (Å²) in [6.45, 7) is 5.61. The number of hydrogen-bond donors (Lipinski definition) is 0. The second-order valence-electron chi connectivity index (χ2n) is 8.02. The molecule has 0 aromatic heterocycles. The quantitative estimate of drug-likeness (QED) is 0.745. The van der Waals surface area contributed by atoms with Gasteiger partial charge in [-0.2, -0.15) is 0 Å². The second-order valence-corrected chi connectivity index (χ2v) is 8.02. The Morgan fingerprint density at radius 2 is 2.00 bits per heavy atom. The summed E-state index contributed by atoms with van der Waals surface area (Å²) in [6.07, 6.45) is 1.96. The number of carbonyl (C=O) groups is 2. The Balaban J connectivity index is 1.63. The van der Waals surface area contributed by atoms with Gasteiger partial charge in [-0.25, -0.2) is 0 Å². The molecule has 4 nitrogen and oxygen atoms in total. The van der Waals surface area contributed by atoms with E-state index in [1.165, 1.54) is 0 Å². The van der Waals surface area contributed by atoms with Crippen LogP contribution in [0.15, 0.2) is 24.3 Å². The van der Waals surface area contributed by atoms with Crippen molar-refractivity contribution in [3.63, 3.8) is 0 Å². The van der Waals surface area contributed by atoms with Crippen LogP contribution in [-0.2, 0) is 14.3 Å². The third-order valence-electron chi connectivity index (χ3n) is 5.31. The van der Waals surface area contributed by atoms with Crippen LogP contribution >= 0.6 is 0 Å². The minimum absolute atomic E-state index is 0.00603. The molecule has 0 N–H and O–H groups in total. The molecule has 2 heterocycles. The number of rotatable bonds is 1. The van der Waals surface area contributed by atoms with Gasteiger partial charge in [0.05, 0.1) is 12.0 Å². The molecule has 4 atom stereocenters. The number of Topliss-reactive ketones (excluding diaryl/α,β-unsaturated/α-hetero) is 1. The van der Waals surface area contributed by atoms with Crippen molar-refractivity contribution in [1.29, 1.82) is 0 Å². The molecule has 1 spiro atoms. The summed E-state index contributed by atoms with van der Waals surface area (Å²) in [7, 11) is 0. The summed E-state index contributed by atoms with van der Waals surface area (Å²) in [5.41, 5.74) is 0.474. The normalized spacial score (nSPS) is 34.9. The fraction of sp³-hybridized carbons (Fsp3) is 0.579. The highest BCUT2D eigenvalue weighted by Crippen LogP contribution is 2.59. The van der Waals surface area contributed by atoms with Crippen molar-refractivity contribution in [3.8, 4) is 0 Å². The van der Waals surface area contributed by atoms with Gasteiger partial charge in [0.2, 0.25) is 0 Å². The topological polar surface area (TPSA) is 52.6 Å². The van der Waals surface area contributed by atoms with Gasteiger partial charge < -0.3 is 9.47 Å². The van der Waals surface area contributed by atoms with Gasteiger partial charge in [0.25, 0.3) is 0 Å². The molecule has 0 amide bonds. The predicted molar refractivity (Wildman–Crippen MR) is 84.0 cm³/mol. The largest absolute Gasteiger partial charge is 0.460 e. The minimum Gasteiger partial charge on any atom is -0.460 e. The van der Waals surface area contributed by atoms with E-state index in [9.17, 15) is 9.59 Å². The van der Waals surface area contributed by atoms with Gasteiger partial charge in [0.15, 0.2) is 5.78 Å². The van der Waals surface area contributed by atoms with E-state index in [2.05, 4.69) is 0 Å². The van der Waals surface area contributed by atoms with Crippen LogP contribution in [0.4, 0.5) is 0 Å². The first-order valence-electron chi connectivity index (χ1n) is 8.34. The highest BCUT2D eigenvalue weighted by Gasteiger charge is 2.63. The lowest BCUT2D eigenvalue weighted by molar-refractivity contribution is -0.160. The van der Waals surface area contributed by atoms with Crippen molar-refractivity contribution in [3.05, 3.63) is 35.4 Å². The maximum atomic E-state index is 13.1. The highest BCUT2D eigenvalue weighted by molar-refractivity contribution is 6.06. The molecule has 2 fully saturated rings. The third kappa shape index (κ3) is 2.15. The van der Waals surface area contributed by atoms with E-state index in [1.54, 1.807) is 0 Å². The average molecular weight is 314 g/mol. The number of ether oxygens (including phenoxy) is 2. The predicted octanol–water partition coefficient (Wildman–Crippen LogP) is 3.45. The molecule has 2 aliphatic heterocycles. The van der Waals surface area contributed by atoms with E-state index in [0.29, 0.717) is 12.8 Å². The summed E-state index contributed by atoms with van der Waals surface area (Å²) in [4.78, 5) is 25.5. The summed E-state index contributed by atoms with van der Waals surface area (Å²) in [5.74, 6) is -0.273. The SMILES string of the molecule is CC(C)(C)OC(=O)[C@@H]1C[C@@H]2C[C@@H]3O[C@@]2(C1)C(=O)c1ccccc13. The van der Waals surface area contributed by atoms with Gasteiger partial charge in [-0.3, -0.25) is 9.59 Å². The third-order valence-corrected chi connectivity index (χ3v) is 5.31. The van der Waals surface area contributed by atoms with Crippen LogP contribution in [0.2, 0.25) is 0 Å². The molecule has 0 unspecified atom stereocenters. The Morgan fingerprint density at radius 1 is 1.26 bits per heavy atom. The molecule has 1 saturated carbocycles. The van der Waals surface area contributed by atoms with Crippen LogP contribution in [0.5, 0.6) is 0 Å². The van der Waals surface area contributed by atoms with Gasteiger partial charge in [0, 0.05) is 5.56 Å². The Kier molecular flexibility index (Phi) is 3.02. The number of fused-ring (bicyclic) bond motifs is 3. The van der Waals surface area contributed by atoms with Gasteiger partial charge in [0.1, 0.15) is 11.2 Å². The Hall–Kier alpha value is -1.68. The summed E-state index contributed by atoms with van der Waals surface area (Å²) < 4.78 is 11.7. The van der Waals surface area contributed by atoms with Crippen LogP contribution in [-0.4, -0.2) is 23.0 Å². The van der Waals surface area contributed by atoms with Crippen LogP contribution in [0.1, 0.15) is 62.1 Å². The molecule has 1 aromatic rings. The molecule has 4 heteroatoms. The van der Waals surface area contributed by atoms with E-state index in [0.717, 1.165) is 17.5 Å². The van der Waals surface area contributed by atoms with Crippen molar-refractivity contribution in [2.45, 2.75) is 57.3 Å². The van der Waals surface area contributed by atoms with E-state index in [4.69, 9.17) is 9.47 Å². The molecule has 0 radical (unpaired) electrons. The van der Waals surface area contributed by atoms with E-state index < -0.39 is 11.2 Å².